The van der Waals surface area contributed by atoms with Gasteiger partial charge in [-0.1, -0.05) is 42.1 Å². The summed E-state index contributed by atoms with van der Waals surface area (Å²) in [6, 6.07) is 16.2. The van der Waals surface area contributed by atoms with E-state index in [1.807, 2.05) is 17.8 Å². The summed E-state index contributed by atoms with van der Waals surface area (Å²) in [4.78, 5) is 2.53. The van der Waals surface area contributed by atoms with E-state index < -0.39 is 0 Å². The molecule has 0 atom stereocenters. The van der Waals surface area contributed by atoms with E-state index >= 15 is 0 Å². The molecule has 1 nitrogen and oxygen atoms in total. The Morgan fingerprint density at radius 3 is 2.47 bits per heavy atom. The Balaban J connectivity index is 1.88. The Morgan fingerprint density at radius 2 is 1.63 bits per heavy atom. The molecule has 30 heavy (non-hydrogen) atoms. The highest BCUT2D eigenvalue weighted by Gasteiger charge is 2.32. The zero-order chi connectivity index (χ0) is 20.7. The summed E-state index contributed by atoms with van der Waals surface area (Å²) in [7, 11) is 2.10. The van der Waals surface area contributed by atoms with Gasteiger partial charge in [-0.2, -0.15) is 0 Å². The van der Waals surface area contributed by atoms with Crippen LogP contribution < -0.4 is 4.57 Å². The van der Waals surface area contributed by atoms with Crippen molar-refractivity contribution in [1.29, 1.82) is 0 Å². The predicted octanol–water partition coefficient (Wildman–Crippen LogP) is 7.17. The van der Waals surface area contributed by atoms with Gasteiger partial charge in [0, 0.05) is 26.6 Å². The van der Waals surface area contributed by atoms with E-state index in [0.717, 1.165) is 16.2 Å². The number of fused-ring (bicyclic) bond motifs is 5. The van der Waals surface area contributed by atoms with Gasteiger partial charge in [0.25, 0.3) is 0 Å². The molecule has 5 aromatic rings. The first kappa shape index (κ1) is 17.9. The molecule has 0 saturated carbocycles. The summed E-state index contributed by atoms with van der Waals surface area (Å²) in [6.07, 6.45) is 2.07. The van der Waals surface area contributed by atoms with Gasteiger partial charge in [-0.3, -0.25) is 0 Å². The fourth-order valence-electron chi connectivity index (χ4n) is 5.25. The van der Waals surface area contributed by atoms with Crippen LogP contribution in [0.25, 0.3) is 43.6 Å². The molecule has 0 unspecified atom stereocenters. The van der Waals surface area contributed by atoms with Crippen molar-refractivity contribution >= 4 is 44.1 Å². The number of pyridine rings is 1. The maximum Gasteiger partial charge on any atom is 0.222 e. The number of benzene rings is 4. The minimum atomic E-state index is -0.156. The fourth-order valence-corrected chi connectivity index (χ4v) is 6.57. The number of aromatic nitrogens is 1. The lowest BCUT2D eigenvalue weighted by Crippen LogP contribution is -2.32. The smallest absolute Gasteiger partial charge is 0.206 e. The molecule has 1 aliphatic heterocycles. The number of rotatable bonds is 0. The predicted molar refractivity (Wildman–Crippen MR) is 124 cm³/mol. The molecule has 0 aliphatic carbocycles. The number of hydrogen-bond donors (Lipinski definition) is 0. The van der Waals surface area contributed by atoms with Crippen molar-refractivity contribution in [3.05, 3.63) is 77.2 Å². The molecular formula is C27H21FNS+. The lowest BCUT2D eigenvalue weighted by molar-refractivity contribution is -0.659. The molecule has 2 heterocycles. The quantitative estimate of drug-likeness (QED) is 0.190. The van der Waals surface area contributed by atoms with Crippen molar-refractivity contribution in [1.82, 2.24) is 0 Å². The van der Waals surface area contributed by atoms with Crippen LogP contribution in [0, 0.1) is 26.6 Å². The van der Waals surface area contributed by atoms with Crippen LogP contribution in [-0.4, -0.2) is 0 Å². The second-order valence-corrected chi connectivity index (χ2v) is 9.38. The van der Waals surface area contributed by atoms with E-state index in [-0.39, 0.29) is 5.82 Å². The Bertz CT molecular complexity index is 1570. The molecule has 146 valence electrons. The van der Waals surface area contributed by atoms with Gasteiger partial charge in [-0.05, 0) is 65.8 Å². The summed E-state index contributed by atoms with van der Waals surface area (Å²) in [5.41, 5.74) is 6.41. The van der Waals surface area contributed by atoms with E-state index in [0.29, 0.717) is 5.39 Å². The monoisotopic (exact) mass is 410 g/mol. The normalized spacial score (nSPS) is 12.7. The first-order chi connectivity index (χ1) is 14.5. The van der Waals surface area contributed by atoms with Crippen LogP contribution in [0.1, 0.15) is 16.7 Å². The summed E-state index contributed by atoms with van der Waals surface area (Å²) in [5.74, 6) is -0.156. The van der Waals surface area contributed by atoms with Gasteiger partial charge in [0.2, 0.25) is 5.69 Å². The molecule has 0 radical (unpaired) electrons. The lowest BCUT2D eigenvalue weighted by Gasteiger charge is -2.24. The highest BCUT2D eigenvalue weighted by molar-refractivity contribution is 8.00. The summed E-state index contributed by atoms with van der Waals surface area (Å²) < 4.78 is 17.1. The Labute approximate surface area is 179 Å². The molecule has 0 N–H and O–H groups in total. The molecule has 6 rings (SSSR count). The second-order valence-electron chi connectivity index (χ2n) is 8.33. The van der Waals surface area contributed by atoms with Gasteiger partial charge < -0.3 is 0 Å². The largest absolute Gasteiger partial charge is 0.222 e. The van der Waals surface area contributed by atoms with Crippen LogP contribution in [0.4, 0.5) is 4.39 Å². The Kier molecular flexibility index (Phi) is 3.61. The molecule has 1 aromatic heterocycles. The van der Waals surface area contributed by atoms with E-state index in [1.165, 1.54) is 48.5 Å². The molecule has 0 bridgehead atoms. The van der Waals surface area contributed by atoms with E-state index in [1.54, 1.807) is 12.1 Å². The molecular weight excluding hydrogens is 389 g/mol. The average Bonchev–Trinajstić information content (AvgIpc) is 2.73. The molecule has 1 aliphatic rings. The first-order valence-electron chi connectivity index (χ1n) is 10.2. The topological polar surface area (TPSA) is 3.88 Å². The van der Waals surface area contributed by atoms with Crippen LogP contribution in [0.5, 0.6) is 0 Å². The first-order valence-corrected chi connectivity index (χ1v) is 11.0. The fraction of sp³-hybridized carbons (Fsp3) is 0.148. The third-order valence-electron chi connectivity index (χ3n) is 6.62. The van der Waals surface area contributed by atoms with Gasteiger partial charge >= 0.3 is 0 Å². The number of hydrogen-bond acceptors (Lipinski definition) is 1. The number of halogens is 1. The van der Waals surface area contributed by atoms with Crippen LogP contribution in [0.2, 0.25) is 0 Å². The molecule has 0 saturated heterocycles. The second kappa shape index (κ2) is 6.05. The van der Waals surface area contributed by atoms with Gasteiger partial charge in [0.1, 0.15) is 12.9 Å². The van der Waals surface area contributed by atoms with Crippen LogP contribution in [0.15, 0.2) is 64.5 Å². The van der Waals surface area contributed by atoms with Gasteiger partial charge in [-0.15, -0.1) is 0 Å². The molecule has 3 heteroatoms. The number of aryl methyl sites for hydroxylation is 4. The van der Waals surface area contributed by atoms with Crippen LogP contribution in [-0.2, 0) is 7.05 Å². The molecule has 0 amide bonds. The van der Waals surface area contributed by atoms with Crippen molar-refractivity contribution in [2.24, 2.45) is 7.05 Å². The molecule has 4 aromatic carbocycles. The van der Waals surface area contributed by atoms with Crippen molar-refractivity contribution in [2.45, 2.75) is 30.6 Å². The highest BCUT2D eigenvalue weighted by atomic mass is 32.2. The zero-order valence-corrected chi connectivity index (χ0v) is 18.2. The minimum absolute atomic E-state index is 0.156. The number of nitrogens with zero attached hydrogens (tertiary/aromatic N) is 1. The van der Waals surface area contributed by atoms with E-state index in [2.05, 4.69) is 68.9 Å². The Hall–Kier alpha value is -2.91. The van der Waals surface area contributed by atoms with Gasteiger partial charge in [0.15, 0.2) is 6.20 Å². The highest BCUT2D eigenvalue weighted by Crippen LogP contribution is 2.52. The summed E-state index contributed by atoms with van der Waals surface area (Å²) in [6.45, 7) is 6.66. The standard InChI is InChI=1S/C27H21FNS/c1-14-7-5-9-18-15(2)23-26-25-19(11-12-29(26)4)24-17(8-6-10-20(24)28)13-21(25)30-27(23)16(3)22(14)18/h5-13H,1-4H3/q+1. The Morgan fingerprint density at radius 1 is 0.833 bits per heavy atom. The third kappa shape index (κ3) is 2.16. The average molecular weight is 411 g/mol. The summed E-state index contributed by atoms with van der Waals surface area (Å²) in [5, 5.41) is 6.48. The van der Waals surface area contributed by atoms with Gasteiger partial charge in [-0.25, -0.2) is 8.96 Å². The lowest BCUT2D eigenvalue weighted by atomic mass is 9.89. The van der Waals surface area contributed by atoms with Crippen molar-refractivity contribution in [3.8, 4) is 11.3 Å². The zero-order valence-electron chi connectivity index (χ0n) is 17.4. The minimum Gasteiger partial charge on any atom is -0.206 e. The van der Waals surface area contributed by atoms with Crippen molar-refractivity contribution in [2.75, 3.05) is 0 Å². The van der Waals surface area contributed by atoms with Crippen molar-refractivity contribution in [3.63, 3.8) is 0 Å². The molecule has 0 fully saturated rings. The maximum absolute atomic E-state index is 14.9. The van der Waals surface area contributed by atoms with E-state index in [9.17, 15) is 4.39 Å². The SMILES string of the molecule is Cc1c2c(c(C)c3c(C)cccc13)Sc1cc3cccc(F)c3c3cc[n+](C)c-2c13. The maximum atomic E-state index is 14.9. The van der Waals surface area contributed by atoms with Gasteiger partial charge in [0.05, 0.1) is 10.9 Å². The van der Waals surface area contributed by atoms with Crippen molar-refractivity contribution < 1.29 is 8.96 Å². The van der Waals surface area contributed by atoms with E-state index in [4.69, 9.17) is 0 Å². The molecule has 0 spiro atoms. The van der Waals surface area contributed by atoms with Crippen LogP contribution >= 0.6 is 11.8 Å². The van der Waals surface area contributed by atoms with Crippen LogP contribution in [0.3, 0.4) is 0 Å². The summed E-state index contributed by atoms with van der Waals surface area (Å²) >= 11 is 1.83. The third-order valence-corrected chi connectivity index (χ3v) is 7.87.